The van der Waals surface area contributed by atoms with E-state index >= 15 is 0 Å². The summed E-state index contributed by atoms with van der Waals surface area (Å²) in [5, 5.41) is 12.1. The number of hydrogen-bond acceptors (Lipinski definition) is 2. The number of carbonyl (C=O) groups excluding carboxylic acids is 1. The van der Waals surface area contributed by atoms with Gasteiger partial charge in [0.1, 0.15) is 0 Å². The molecule has 1 fully saturated rings. The second-order valence-corrected chi connectivity index (χ2v) is 6.20. The van der Waals surface area contributed by atoms with Gasteiger partial charge in [-0.15, -0.1) is 0 Å². The van der Waals surface area contributed by atoms with Gasteiger partial charge in [-0.25, -0.2) is 0 Å². The number of rotatable bonds is 4. The van der Waals surface area contributed by atoms with Crippen molar-refractivity contribution in [2.75, 3.05) is 0 Å². The maximum atomic E-state index is 12.3. The number of aryl methyl sites for hydroxylation is 1. The van der Waals surface area contributed by atoms with Gasteiger partial charge in [-0.3, -0.25) is 9.59 Å². The van der Waals surface area contributed by atoms with Crippen molar-refractivity contribution in [2.24, 2.45) is 17.3 Å². The van der Waals surface area contributed by atoms with Crippen LogP contribution in [0.3, 0.4) is 0 Å². The molecule has 2 N–H and O–H groups in total. The van der Waals surface area contributed by atoms with E-state index in [-0.39, 0.29) is 11.9 Å². The molecule has 1 aliphatic rings. The molecule has 4 heteroatoms. The summed E-state index contributed by atoms with van der Waals surface area (Å²) >= 11 is 0. The highest BCUT2D eigenvalue weighted by Crippen LogP contribution is 2.58. The Balaban J connectivity index is 2.07. The Bertz CT molecular complexity index is 550. The summed E-state index contributed by atoms with van der Waals surface area (Å²) in [5.41, 5.74) is 1.72. The molecule has 0 saturated heterocycles. The summed E-state index contributed by atoms with van der Waals surface area (Å²) in [7, 11) is 0. The van der Waals surface area contributed by atoms with Gasteiger partial charge in [-0.05, 0) is 30.4 Å². The fraction of sp³-hybridized carbons (Fsp3) is 0.500. The maximum Gasteiger partial charge on any atom is 0.307 e. The summed E-state index contributed by atoms with van der Waals surface area (Å²) in [6.07, 6.45) is 0. The third-order valence-electron chi connectivity index (χ3n) is 4.39. The molecule has 2 rings (SSSR count). The lowest BCUT2D eigenvalue weighted by molar-refractivity contribution is -0.140. The number of aliphatic carboxylic acids is 1. The van der Waals surface area contributed by atoms with Gasteiger partial charge in [0, 0.05) is 0 Å². The summed E-state index contributed by atoms with van der Waals surface area (Å²) in [4.78, 5) is 23.4. The standard InChI is InChI=1S/C16H21NO3/c1-9-7-5-6-8-11(9)10(2)17-14(18)12-13(15(19)20)16(12,3)4/h5-8,10,12-13H,1-4H3,(H,17,18)(H,19,20)/t10-,12?,13?/m1/s1. The molecule has 0 radical (unpaired) electrons. The number of nitrogens with one attached hydrogen (secondary N) is 1. The van der Waals surface area contributed by atoms with Crippen LogP contribution in [0.15, 0.2) is 24.3 Å². The molecule has 1 amide bonds. The van der Waals surface area contributed by atoms with Crippen LogP contribution in [0.1, 0.15) is 37.9 Å². The van der Waals surface area contributed by atoms with E-state index in [2.05, 4.69) is 5.32 Å². The first-order valence-electron chi connectivity index (χ1n) is 6.85. The molecule has 20 heavy (non-hydrogen) atoms. The van der Waals surface area contributed by atoms with E-state index in [1.54, 1.807) is 0 Å². The van der Waals surface area contributed by atoms with Crippen LogP contribution >= 0.6 is 0 Å². The molecule has 0 spiro atoms. The molecule has 108 valence electrons. The first-order chi connectivity index (χ1) is 9.26. The van der Waals surface area contributed by atoms with Gasteiger partial charge in [0.25, 0.3) is 0 Å². The third kappa shape index (κ3) is 2.42. The Morgan fingerprint density at radius 2 is 1.85 bits per heavy atom. The zero-order chi connectivity index (χ0) is 15.1. The normalized spacial score (nSPS) is 24.8. The Labute approximate surface area is 119 Å². The van der Waals surface area contributed by atoms with Crippen molar-refractivity contribution in [3.63, 3.8) is 0 Å². The van der Waals surface area contributed by atoms with Crippen molar-refractivity contribution in [1.82, 2.24) is 5.32 Å². The molecular formula is C16H21NO3. The molecule has 2 unspecified atom stereocenters. The average Bonchev–Trinajstić information content (AvgIpc) is 2.93. The van der Waals surface area contributed by atoms with Crippen LogP contribution < -0.4 is 5.32 Å². The van der Waals surface area contributed by atoms with Crippen molar-refractivity contribution < 1.29 is 14.7 Å². The fourth-order valence-electron chi connectivity index (χ4n) is 3.04. The SMILES string of the molecule is Cc1ccccc1[C@@H](C)NC(=O)C1C(C(=O)O)C1(C)C. The number of hydrogen-bond donors (Lipinski definition) is 2. The Morgan fingerprint density at radius 3 is 2.35 bits per heavy atom. The first kappa shape index (κ1) is 14.6. The Morgan fingerprint density at radius 1 is 1.25 bits per heavy atom. The lowest BCUT2D eigenvalue weighted by Crippen LogP contribution is -2.30. The quantitative estimate of drug-likeness (QED) is 0.887. The van der Waals surface area contributed by atoms with Crippen molar-refractivity contribution >= 4 is 11.9 Å². The summed E-state index contributed by atoms with van der Waals surface area (Å²) in [5.74, 6) is -2.07. The van der Waals surface area contributed by atoms with E-state index in [9.17, 15) is 9.59 Å². The minimum Gasteiger partial charge on any atom is -0.481 e. The third-order valence-corrected chi connectivity index (χ3v) is 4.39. The molecule has 1 saturated carbocycles. The van der Waals surface area contributed by atoms with Crippen LogP contribution in [0, 0.1) is 24.2 Å². The van der Waals surface area contributed by atoms with Crippen LogP contribution in [-0.2, 0) is 9.59 Å². The van der Waals surface area contributed by atoms with Crippen molar-refractivity contribution in [3.8, 4) is 0 Å². The monoisotopic (exact) mass is 275 g/mol. The summed E-state index contributed by atoms with van der Waals surface area (Å²) in [6, 6.07) is 7.75. The number of carbonyl (C=O) groups is 2. The minimum atomic E-state index is -0.890. The van der Waals surface area contributed by atoms with Crippen molar-refractivity contribution in [2.45, 2.75) is 33.7 Å². The number of amides is 1. The second kappa shape index (κ2) is 4.93. The van der Waals surface area contributed by atoms with Gasteiger partial charge in [-0.1, -0.05) is 38.1 Å². The largest absolute Gasteiger partial charge is 0.481 e. The van der Waals surface area contributed by atoms with Crippen LogP contribution in [-0.4, -0.2) is 17.0 Å². The molecule has 4 nitrogen and oxygen atoms in total. The van der Waals surface area contributed by atoms with E-state index in [1.807, 2.05) is 52.0 Å². The highest BCUT2D eigenvalue weighted by atomic mass is 16.4. The van der Waals surface area contributed by atoms with Crippen LogP contribution in [0.5, 0.6) is 0 Å². The molecule has 3 atom stereocenters. The van der Waals surface area contributed by atoms with Crippen molar-refractivity contribution in [3.05, 3.63) is 35.4 Å². The van der Waals surface area contributed by atoms with Crippen molar-refractivity contribution in [1.29, 1.82) is 0 Å². The Hall–Kier alpha value is -1.84. The number of benzene rings is 1. The van der Waals surface area contributed by atoms with E-state index in [0.29, 0.717) is 0 Å². The smallest absolute Gasteiger partial charge is 0.307 e. The fourth-order valence-corrected chi connectivity index (χ4v) is 3.04. The zero-order valence-corrected chi connectivity index (χ0v) is 12.3. The Kier molecular flexibility index (Phi) is 3.59. The predicted molar refractivity (Wildman–Crippen MR) is 76.1 cm³/mol. The summed E-state index contributed by atoms with van der Waals surface area (Å²) < 4.78 is 0. The molecule has 0 heterocycles. The topological polar surface area (TPSA) is 66.4 Å². The molecule has 1 aliphatic carbocycles. The summed E-state index contributed by atoms with van der Waals surface area (Å²) in [6.45, 7) is 7.58. The number of carboxylic acid groups (broad SMARTS) is 1. The van der Waals surface area contributed by atoms with E-state index in [0.717, 1.165) is 11.1 Å². The van der Waals surface area contributed by atoms with E-state index < -0.39 is 23.2 Å². The molecular weight excluding hydrogens is 254 g/mol. The molecule has 0 aliphatic heterocycles. The lowest BCUT2D eigenvalue weighted by Gasteiger charge is -2.17. The van der Waals surface area contributed by atoms with Crippen LogP contribution in [0.4, 0.5) is 0 Å². The van der Waals surface area contributed by atoms with Gasteiger partial charge in [0.15, 0.2) is 0 Å². The van der Waals surface area contributed by atoms with Gasteiger partial charge >= 0.3 is 5.97 Å². The highest BCUT2D eigenvalue weighted by Gasteiger charge is 2.65. The van der Waals surface area contributed by atoms with Gasteiger partial charge in [0.2, 0.25) is 5.91 Å². The lowest BCUT2D eigenvalue weighted by atomic mass is 10.0. The van der Waals surface area contributed by atoms with Gasteiger partial charge in [-0.2, -0.15) is 0 Å². The van der Waals surface area contributed by atoms with Crippen LogP contribution in [0.2, 0.25) is 0 Å². The predicted octanol–water partition coefficient (Wildman–Crippen LogP) is 2.53. The molecule has 0 aromatic heterocycles. The first-order valence-corrected chi connectivity index (χ1v) is 6.85. The second-order valence-electron chi connectivity index (χ2n) is 6.20. The molecule has 1 aromatic carbocycles. The molecule has 0 bridgehead atoms. The van der Waals surface area contributed by atoms with Gasteiger partial charge < -0.3 is 10.4 Å². The number of carboxylic acids is 1. The molecule has 1 aromatic rings. The van der Waals surface area contributed by atoms with E-state index in [1.165, 1.54) is 0 Å². The minimum absolute atomic E-state index is 0.116. The van der Waals surface area contributed by atoms with Crippen LogP contribution in [0.25, 0.3) is 0 Å². The average molecular weight is 275 g/mol. The highest BCUT2D eigenvalue weighted by molar-refractivity contribution is 5.91. The maximum absolute atomic E-state index is 12.3. The van der Waals surface area contributed by atoms with E-state index in [4.69, 9.17) is 5.11 Å². The zero-order valence-electron chi connectivity index (χ0n) is 12.3. The van der Waals surface area contributed by atoms with Gasteiger partial charge in [0.05, 0.1) is 17.9 Å².